The third-order valence-electron chi connectivity index (χ3n) is 3.34. The van der Waals surface area contributed by atoms with Gasteiger partial charge in [-0.05, 0) is 43.9 Å². The van der Waals surface area contributed by atoms with Crippen LogP contribution in [0.2, 0.25) is 0 Å². The van der Waals surface area contributed by atoms with Gasteiger partial charge in [-0.15, -0.1) is 6.58 Å². The Morgan fingerprint density at radius 2 is 2.45 bits per heavy atom. The highest BCUT2D eigenvalue weighted by Crippen LogP contribution is 2.58. The van der Waals surface area contributed by atoms with Crippen molar-refractivity contribution in [3.8, 4) is 0 Å². The Morgan fingerprint density at radius 1 is 1.64 bits per heavy atom. The molecule has 0 aromatic heterocycles. The van der Waals surface area contributed by atoms with Crippen LogP contribution >= 0.6 is 0 Å². The molecule has 3 atom stereocenters. The number of allylic oxidation sites excluding steroid dienone is 1. The average molecular weight is 152 g/mol. The minimum atomic E-state index is -0.293. The van der Waals surface area contributed by atoms with Crippen LogP contribution in [-0.2, 0) is 0 Å². The summed E-state index contributed by atoms with van der Waals surface area (Å²) in [5, 5.41) is 10.1. The van der Waals surface area contributed by atoms with Gasteiger partial charge in [0, 0.05) is 0 Å². The molecule has 0 aliphatic heterocycles. The lowest BCUT2D eigenvalue weighted by Gasteiger charge is -2.23. The molecule has 2 saturated carbocycles. The van der Waals surface area contributed by atoms with E-state index >= 15 is 0 Å². The lowest BCUT2D eigenvalue weighted by molar-refractivity contribution is 0.0173. The first-order chi connectivity index (χ1) is 5.26. The van der Waals surface area contributed by atoms with Gasteiger partial charge in [0.2, 0.25) is 0 Å². The van der Waals surface area contributed by atoms with E-state index in [0.717, 1.165) is 25.2 Å². The van der Waals surface area contributed by atoms with Crippen molar-refractivity contribution in [3.63, 3.8) is 0 Å². The Morgan fingerprint density at radius 3 is 2.91 bits per heavy atom. The van der Waals surface area contributed by atoms with Gasteiger partial charge < -0.3 is 5.11 Å². The van der Waals surface area contributed by atoms with E-state index in [9.17, 15) is 5.11 Å². The summed E-state index contributed by atoms with van der Waals surface area (Å²) >= 11 is 0. The smallest absolute Gasteiger partial charge is 0.0681 e. The minimum absolute atomic E-state index is 0.293. The van der Waals surface area contributed by atoms with Gasteiger partial charge in [0.05, 0.1) is 5.60 Å². The van der Waals surface area contributed by atoms with Crippen molar-refractivity contribution < 1.29 is 5.11 Å². The van der Waals surface area contributed by atoms with E-state index in [4.69, 9.17) is 0 Å². The molecular formula is C10H16O. The molecule has 62 valence electrons. The first-order valence-electron chi connectivity index (χ1n) is 4.59. The first kappa shape index (κ1) is 7.35. The van der Waals surface area contributed by atoms with Crippen molar-refractivity contribution in [2.24, 2.45) is 11.8 Å². The molecular weight excluding hydrogens is 136 g/mol. The summed E-state index contributed by atoms with van der Waals surface area (Å²) in [7, 11) is 0. The summed E-state index contributed by atoms with van der Waals surface area (Å²) in [6.45, 7) is 3.68. The predicted octanol–water partition coefficient (Wildman–Crippen LogP) is 2.11. The van der Waals surface area contributed by atoms with Crippen LogP contribution in [0.1, 0.15) is 32.1 Å². The van der Waals surface area contributed by atoms with Gasteiger partial charge in [-0.1, -0.05) is 6.08 Å². The number of hydrogen-bond acceptors (Lipinski definition) is 1. The monoisotopic (exact) mass is 152 g/mol. The summed E-state index contributed by atoms with van der Waals surface area (Å²) < 4.78 is 0. The topological polar surface area (TPSA) is 20.2 Å². The zero-order valence-corrected chi connectivity index (χ0v) is 6.92. The predicted molar refractivity (Wildman–Crippen MR) is 45.2 cm³/mol. The summed E-state index contributed by atoms with van der Waals surface area (Å²) in [6.07, 6.45) is 7.41. The molecule has 0 aromatic rings. The molecule has 2 aliphatic rings. The third-order valence-corrected chi connectivity index (χ3v) is 3.34. The fourth-order valence-electron chi connectivity index (χ4n) is 2.51. The third kappa shape index (κ3) is 1.12. The van der Waals surface area contributed by atoms with Crippen LogP contribution in [0.4, 0.5) is 0 Å². The molecule has 0 aromatic carbocycles. The second-order valence-corrected chi connectivity index (χ2v) is 4.07. The Hall–Kier alpha value is -0.300. The molecule has 0 saturated heterocycles. The number of hydrogen-bond donors (Lipinski definition) is 1. The molecule has 1 heteroatoms. The summed E-state index contributed by atoms with van der Waals surface area (Å²) in [5.41, 5.74) is -0.293. The Kier molecular flexibility index (Phi) is 1.57. The number of aliphatic hydroxyl groups is 1. The fraction of sp³-hybridized carbons (Fsp3) is 0.800. The molecule has 2 aliphatic carbocycles. The zero-order chi connectivity index (χ0) is 7.90. The molecule has 1 N–H and O–H groups in total. The van der Waals surface area contributed by atoms with E-state index in [1.54, 1.807) is 0 Å². The molecule has 2 rings (SSSR count). The van der Waals surface area contributed by atoms with Gasteiger partial charge in [0.25, 0.3) is 0 Å². The van der Waals surface area contributed by atoms with Gasteiger partial charge in [-0.2, -0.15) is 0 Å². The lowest BCUT2D eigenvalue weighted by Crippen LogP contribution is -2.27. The van der Waals surface area contributed by atoms with Crippen molar-refractivity contribution in [1.29, 1.82) is 0 Å². The second-order valence-electron chi connectivity index (χ2n) is 4.07. The van der Waals surface area contributed by atoms with Crippen molar-refractivity contribution >= 4 is 0 Å². The van der Waals surface area contributed by atoms with E-state index in [-0.39, 0.29) is 5.60 Å². The van der Waals surface area contributed by atoms with Crippen molar-refractivity contribution in [3.05, 3.63) is 12.7 Å². The van der Waals surface area contributed by atoms with Gasteiger partial charge in [0.1, 0.15) is 0 Å². The van der Waals surface area contributed by atoms with E-state index in [1.807, 2.05) is 6.08 Å². The van der Waals surface area contributed by atoms with Crippen LogP contribution in [0.25, 0.3) is 0 Å². The van der Waals surface area contributed by atoms with E-state index < -0.39 is 0 Å². The van der Waals surface area contributed by atoms with Gasteiger partial charge in [0.15, 0.2) is 0 Å². The Labute approximate surface area is 68.1 Å². The maximum atomic E-state index is 10.1. The maximum Gasteiger partial charge on any atom is 0.0681 e. The van der Waals surface area contributed by atoms with E-state index in [1.165, 1.54) is 12.8 Å². The fourth-order valence-corrected chi connectivity index (χ4v) is 2.51. The molecule has 1 nitrogen and oxygen atoms in total. The van der Waals surface area contributed by atoms with Crippen molar-refractivity contribution in [2.45, 2.75) is 37.7 Å². The lowest BCUT2D eigenvalue weighted by atomic mass is 9.92. The van der Waals surface area contributed by atoms with Crippen LogP contribution in [0.15, 0.2) is 12.7 Å². The number of rotatable bonds is 3. The highest BCUT2D eigenvalue weighted by Gasteiger charge is 2.56. The van der Waals surface area contributed by atoms with Crippen LogP contribution in [0.3, 0.4) is 0 Å². The molecule has 0 bridgehead atoms. The van der Waals surface area contributed by atoms with Gasteiger partial charge >= 0.3 is 0 Å². The highest BCUT2D eigenvalue weighted by atomic mass is 16.3. The standard InChI is InChI=1S/C10H16O/c1-2-3-5-10(11)6-4-8-7-9(8)10/h2,8-9,11H,1,3-7H2. The Balaban J connectivity index is 1.93. The molecule has 0 radical (unpaired) electrons. The van der Waals surface area contributed by atoms with E-state index in [2.05, 4.69) is 6.58 Å². The van der Waals surface area contributed by atoms with Crippen LogP contribution < -0.4 is 0 Å². The average Bonchev–Trinajstić information content (AvgIpc) is 2.72. The van der Waals surface area contributed by atoms with E-state index in [0.29, 0.717) is 5.92 Å². The van der Waals surface area contributed by atoms with Crippen molar-refractivity contribution in [1.82, 2.24) is 0 Å². The zero-order valence-electron chi connectivity index (χ0n) is 6.92. The van der Waals surface area contributed by atoms with Crippen LogP contribution in [0, 0.1) is 11.8 Å². The normalized spacial score (nSPS) is 47.0. The summed E-state index contributed by atoms with van der Waals surface area (Å²) in [5.74, 6) is 1.53. The second kappa shape index (κ2) is 2.34. The summed E-state index contributed by atoms with van der Waals surface area (Å²) in [4.78, 5) is 0. The van der Waals surface area contributed by atoms with Crippen LogP contribution in [0.5, 0.6) is 0 Å². The molecule has 3 unspecified atom stereocenters. The minimum Gasteiger partial charge on any atom is -0.390 e. The molecule has 0 heterocycles. The number of fused-ring (bicyclic) bond motifs is 1. The van der Waals surface area contributed by atoms with Gasteiger partial charge in [-0.25, -0.2) is 0 Å². The largest absolute Gasteiger partial charge is 0.390 e. The molecule has 0 amide bonds. The molecule has 11 heavy (non-hydrogen) atoms. The van der Waals surface area contributed by atoms with Crippen LogP contribution in [-0.4, -0.2) is 10.7 Å². The quantitative estimate of drug-likeness (QED) is 0.614. The first-order valence-corrected chi connectivity index (χ1v) is 4.59. The SMILES string of the molecule is C=CCCC1(O)CCC2CC21. The highest BCUT2D eigenvalue weighted by molar-refractivity contribution is 5.07. The van der Waals surface area contributed by atoms with Crippen molar-refractivity contribution in [2.75, 3.05) is 0 Å². The molecule has 0 spiro atoms. The summed E-state index contributed by atoms with van der Waals surface area (Å²) in [6, 6.07) is 0. The Bertz CT molecular complexity index is 176. The molecule has 2 fully saturated rings. The van der Waals surface area contributed by atoms with Gasteiger partial charge in [-0.3, -0.25) is 0 Å². The maximum absolute atomic E-state index is 10.1.